The molecule has 2 heterocycles. The van der Waals surface area contributed by atoms with E-state index in [0.29, 0.717) is 42.8 Å². The molecule has 0 aliphatic carbocycles. The van der Waals surface area contributed by atoms with Crippen molar-refractivity contribution in [2.45, 2.75) is 32.6 Å². The van der Waals surface area contributed by atoms with E-state index in [1.807, 2.05) is 68.4 Å². The fourth-order valence-corrected chi connectivity index (χ4v) is 4.96. The van der Waals surface area contributed by atoms with E-state index in [9.17, 15) is 9.59 Å². The summed E-state index contributed by atoms with van der Waals surface area (Å²) in [6, 6.07) is 22.1. The molecule has 8 heteroatoms. The Bertz CT molecular complexity index is 1280. The SMILES string of the molecule is CCOc1cc([C@@H]2[C@@H]3C(=O)N(c4ccccc4OCC)C(=O)[C@H]3ON2C)ccc1OCc1ccccc1. The van der Waals surface area contributed by atoms with Crippen molar-refractivity contribution in [3.05, 3.63) is 83.9 Å². The van der Waals surface area contributed by atoms with Crippen LogP contribution >= 0.6 is 0 Å². The number of hydrogen-bond donors (Lipinski definition) is 0. The first-order chi connectivity index (χ1) is 18.0. The zero-order valence-corrected chi connectivity index (χ0v) is 21.1. The lowest BCUT2D eigenvalue weighted by atomic mass is 9.91. The Morgan fingerprint density at radius 2 is 1.49 bits per heavy atom. The number of para-hydroxylation sites is 2. The zero-order chi connectivity index (χ0) is 25.9. The average molecular weight is 503 g/mol. The van der Waals surface area contributed by atoms with Crippen LogP contribution in [0.4, 0.5) is 5.69 Å². The molecule has 2 saturated heterocycles. The van der Waals surface area contributed by atoms with Gasteiger partial charge < -0.3 is 14.2 Å². The van der Waals surface area contributed by atoms with E-state index in [4.69, 9.17) is 19.0 Å². The first kappa shape index (κ1) is 24.8. The molecular formula is C29H30N2O6. The Hall–Kier alpha value is -3.88. The largest absolute Gasteiger partial charge is 0.492 e. The normalized spacial score (nSPS) is 21.3. The average Bonchev–Trinajstić information content (AvgIpc) is 3.37. The summed E-state index contributed by atoms with van der Waals surface area (Å²) in [5.41, 5.74) is 2.27. The Labute approximate surface area is 216 Å². The van der Waals surface area contributed by atoms with Gasteiger partial charge in [0.2, 0.25) is 5.91 Å². The summed E-state index contributed by atoms with van der Waals surface area (Å²) in [5.74, 6) is 0.229. The van der Waals surface area contributed by atoms with Crippen molar-refractivity contribution in [1.29, 1.82) is 0 Å². The molecule has 2 aliphatic heterocycles. The zero-order valence-electron chi connectivity index (χ0n) is 21.1. The van der Waals surface area contributed by atoms with Crippen LogP contribution in [0.15, 0.2) is 72.8 Å². The highest BCUT2D eigenvalue weighted by Crippen LogP contribution is 2.47. The minimum atomic E-state index is -0.915. The van der Waals surface area contributed by atoms with E-state index >= 15 is 0 Å². The summed E-state index contributed by atoms with van der Waals surface area (Å²) >= 11 is 0. The van der Waals surface area contributed by atoms with Crippen LogP contribution in [0.1, 0.15) is 31.0 Å². The maximum absolute atomic E-state index is 13.7. The minimum Gasteiger partial charge on any atom is -0.492 e. The van der Waals surface area contributed by atoms with Crippen LogP contribution in [0, 0.1) is 5.92 Å². The van der Waals surface area contributed by atoms with Crippen LogP contribution in [-0.4, -0.2) is 43.2 Å². The molecule has 2 amide bonds. The molecule has 2 fully saturated rings. The molecule has 5 rings (SSSR count). The third kappa shape index (κ3) is 4.65. The molecule has 37 heavy (non-hydrogen) atoms. The van der Waals surface area contributed by atoms with Crippen LogP contribution < -0.4 is 19.1 Å². The van der Waals surface area contributed by atoms with Gasteiger partial charge >= 0.3 is 0 Å². The van der Waals surface area contributed by atoms with E-state index in [1.54, 1.807) is 30.3 Å². The number of imide groups is 1. The van der Waals surface area contributed by atoms with Gasteiger partial charge in [0.15, 0.2) is 17.6 Å². The Kier molecular flexibility index (Phi) is 7.12. The number of ether oxygens (including phenoxy) is 3. The highest BCUT2D eigenvalue weighted by atomic mass is 16.7. The number of hydroxylamine groups is 2. The van der Waals surface area contributed by atoms with E-state index < -0.39 is 24.0 Å². The van der Waals surface area contributed by atoms with E-state index in [2.05, 4.69) is 0 Å². The van der Waals surface area contributed by atoms with E-state index in [0.717, 1.165) is 11.1 Å². The fourth-order valence-electron chi connectivity index (χ4n) is 4.96. The molecule has 0 saturated carbocycles. The van der Waals surface area contributed by atoms with Crippen LogP contribution in [0.5, 0.6) is 17.2 Å². The van der Waals surface area contributed by atoms with Gasteiger partial charge in [0.05, 0.1) is 30.9 Å². The van der Waals surface area contributed by atoms with Gasteiger partial charge in [-0.1, -0.05) is 48.5 Å². The van der Waals surface area contributed by atoms with Crippen molar-refractivity contribution < 1.29 is 28.6 Å². The Morgan fingerprint density at radius 1 is 0.784 bits per heavy atom. The van der Waals surface area contributed by atoms with E-state index in [-0.39, 0.29) is 5.91 Å². The quantitative estimate of drug-likeness (QED) is 0.398. The molecule has 0 aromatic heterocycles. The number of carbonyl (C=O) groups excluding carboxylic acids is 2. The predicted octanol–water partition coefficient (Wildman–Crippen LogP) is 4.54. The highest BCUT2D eigenvalue weighted by molar-refractivity contribution is 6.24. The molecule has 8 nitrogen and oxygen atoms in total. The number of fused-ring (bicyclic) bond motifs is 1. The predicted molar refractivity (Wildman–Crippen MR) is 137 cm³/mol. The number of anilines is 1. The molecule has 192 valence electrons. The smallest absolute Gasteiger partial charge is 0.266 e. The lowest BCUT2D eigenvalue weighted by Gasteiger charge is -2.25. The number of amides is 2. The first-order valence-corrected chi connectivity index (χ1v) is 12.5. The lowest BCUT2D eigenvalue weighted by molar-refractivity contribution is -0.160. The first-order valence-electron chi connectivity index (χ1n) is 12.5. The van der Waals surface area contributed by atoms with Gasteiger partial charge in [-0.3, -0.25) is 14.4 Å². The Balaban J connectivity index is 1.43. The van der Waals surface area contributed by atoms with Crippen LogP contribution in [0.2, 0.25) is 0 Å². The number of benzene rings is 3. The molecule has 0 N–H and O–H groups in total. The van der Waals surface area contributed by atoms with Crippen molar-refractivity contribution in [1.82, 2.24) is 5.06 Å². The molecule has 0 radical (unpaired) electrons. The van der Waals surface area contributed by atoms with Crippen molar-refractivity contribution >= 4 is 17.5 Å². The third-order valence-electron chi connectivity index (χ3n) is 6.56. The van der Waals surface area contributed by atoms with Crippen molar-refractivity contribution in [3.8, 4) is 17.2 Å². The van der Waals surface area contributed by atoms with Gasteiger partial charge in [-0.25, -0.2) is 4.90 Å². The standard InChI is InChI=1S/C29H30N2O6/c1-4-34-22-14-10-9-13-21(22)31-28(32)25-26(30(3)37-27(25)29(31)33)20-15-16-23(24(17-20)35-5-2)36-18-19-11-7-6-8-12-19/h6-17,25-27H,4-5,18H2,1-3H3/t25-,26+,27-/m0/s1. The summed E-state index contributed by atoms with van der Waals surface area (Å²) in [6.07, 6.45) is -0.915. The molecular weight excluding hydrogens is 472 g/mol. The lowest BCUT2D eigenvalue weighted by Crippen LogP contribution is -2.36. The van der Waals surface area contributed by atoms with Gasteiger partial charge in [-0.05, 0) is 49.2 Å². The molecule has 0 spiro atoms. The number of hydrogen-bond acceptors (Lipinski definition) is 7. The fraction of sp³-hybridized carbons (Fsp3) is 0.310. The summed E-state index contributed by atoms with van der Waals surface area (Å²) < 4.78 is 17.6. The van der Waals surface area contributed by atoms with Crippen LogP contribution in [0.3, 0.4) is 0 Å². The summed E-state index contributed by atoms with van der Waals surface area (Å²) in [4.78, 5) is 34.2. The monoisotopic (exact) mass is 502 g/mol. The molecule has 2 aliphatic rings. The number of nitrogens with zero attached hydrogens (tertiary/aromatic N) is 2. The van der Waals surface area contributed by atoms with Crippen molar-refractivity contribution in [2.75, 3.05) is 25.2 Å². The molecule has 0 bridgehead atoms. The maximum atomic E-state index is 13.7. The maximum Gasteiger partial charge on any atom is 0.266 e. The third-order valence-corrected chi connectivity index (χ3v) is 6.56. The van der Waals surface area contributed by atoms with Crippen LogP contribution in [0.25, 0.3) is 0 Å². The molecule has 0 unspecified atom stereocenters. The molecule has 3 aromatic rings. The topological polar surface area (TPSA) is 77.5 Å². The Morgan fingerprint density at radius 3 is 2.24 bits per heavy atom. The second kappa shape index (κ2) is 10.6. The summed E-state index contributed by atoms with van der Waals surface area (Å²) in [7, 11) is 1.74. The van der Waals surface area contributed by atoms with Crippen LogP contribution in [-0.2, 0) is 21.0 Å². The van der Waals surface area contributed by atoms with Gasteiger partial charge in [0.1, 0.15) is 12.4 Å². The summed E-state index contributed by atoms with van der Waals surface area (Å²) in [6.45, 7) is 5.03. The molecule has 3 aromatic carbocycles. The van der Waals surface area contributed by atoms with Crippen molar-refractivity contribution in [2.24, 2.45) is 5.92 Å². The minimum absolute atomic E-state index is 0.320. The summed E-state index contributed by atoms with van der Waals surface area (Å²) in [5, 5.41) is 1.59. The number of carbonyl (C=O) groups is 2. The van der Waals surface area contributed by atoms with Gasteiger partial charge in [0, 0.05) is 7.05 Å². The highest BCUT2D eigenvalue weighted by Gasteiger charge is 2.59. The second-order valence-electron chi connectivity index (χ2n) is 8.87. The van der Waals surface area contributed by atoms with E-state index in [1.165, 1.54) is 4.90 Å². The van der Waals surface area contributed by atoms with Gasteiger partial charge in [-0.2, -0.15) is 5.06 Å². The van der Waals surface area contributed by atoms with Crippen molar-refractivity contribution in [3.63, 3.8) is 0 Å². The van der Waals surface area contributed by atoms with Gasteiger partial charge in [0.25, 0.3) is 5.91 Å². The number of rotatable bonds is 9. The second-order valence-corrected chi connectivity index (χ2v) is 8.87. The van der Waals surface area contributed by atoms with Gasteiger partial charge in [-0.15, -0.1) is 0 Å². The molecule has 3 atom stereocenters.